The zero-order valence-electron chi connectivity index (χ0n) is 12.7. The van der Waals surface area contributed by atoms with E-state index in [2.05, 4.69) is 28.2 Å². The Kier molecular flexibility index (Phi) is 2.61. The van der Waals surface area contributed by atoms with Crippen molar-refractivity contribution >= 4 is 27.7 Å². The lowest BCUT2D eigenvalue weighted by atomic mass is 10.1. The molecule has 5 rings (SSSR count). The maximum Gasteiger partial charge on any atom is 0.292 e. The van der Waals surface area contributed by atoms with Gasteiger partial charge >= 0.3 is 0 Å². The minimum absolute atomic E-state index is 0.175. The van der Waals surface area contributed by atoms with E-state index in [-0.39, 0.29) is 5.56 Å². The molecule has 114 valence electrons. The number of fused-ring (bicyclic) bond motifs is 5. The Bertz CT molecular complexity index is 1270. The highest BCUT2D eigenvalue weighted by atomic mass is 16.1. The Morgan fingerprint density at radius 3 is 2.46 bits per heavy atom. The van der Waals surface area contributed by atoms with Crippen molar-refractivity contribution in [2.75, 3.05) is 0 Å². The maximum absolute atomic E-state index is 12.4. The summed E-state index contributed by atoms with van der Waals surface area (Å²) in [5.74, 6) is 0. The number of nitrogens with one attached hydrogen (secondary N) is 1. The topological polar surface area (TPSA) is 50.2 Å². The number of hydrogen-bond acceptors (Lipinski definition) is 2. The summed E-state index contributed by atoms with van der Waals surface area (Å²) in [7, 11) is 0. The van der Waals surface area contributed by atoms with E-state index in [0.717, 1.165) is 33.2 Å². The molecule has 0 aliphatic rings. The average Bonchev–Trinajstić information content (AvgIpc) is 3.03. The molecule has 2 heterocycles. The van der Waals surface area contributed by atoms with Gasteiger partial charge in [-0.25, -0.2) is 4.98 Å². The van der Waals surface area contributed by atoms with E-state index in [0.29, 0.717) is 5.65 Å². The minimum atomic E-state index is -0.175. The molecule has 0 bridgehead atoms. The number of rotatable bonds is 1. The molecule has 0 unspecified atom stereocenters. The molecule has 2 aromatic heterocycles. The van der Waals surface area contributed by atoms with Gasteiger partial charge in [0, 0.05) is 0 Å². The summed E-state index contributed by atoms with van der Waals surface area (Å²) in [6.45, 7) is 0. The van der Waals surface area contributed by atoms with Crippen molar-refractivity contribution in [3.05, 3.63) is 83.2 Å². The van der Waals surface area contributed by atoms with Gasteiger partial charge in [0.1, 0.15) is 0 Å². The molecule has 4 nitrogen and oxygen atoms in total. The number of aromatic nitrogens is 3. The molecule has 0 radical (unpaired) electrons. The van der Waals surface area contributed by atoms with E-state index >= 15 is 0 Å². The maximum atomic E-state index is 12.4. The van der Waals surface area contributed by atoms with Gasteiger partial charge in [-0.3, -0.25) is 9.20 Å². The van der Waals surface area contributed by atoms with Crippen LogP contribution in [0.3, 0.4) is 0 Å². The Labute approximate surface area is 137 Å². The third kappa shape index (κ3) is 1.80. The largest absolute Gasteiger partial charge is 0.317 e. The summed E-state index contributed by atoms with van der Waals surface area (Å²) in [5, 5.41) is 0. The van der Waals surface area contributed by atoms with E-state index in [4.69, 9.17) is 0 Å². The molecule has 0 spiro atoms. The van der Waals surface area contributed by atoms with Crippen LogP contribution in [0.25, 0.3) is 38.8 Å². The van der Waals surface area contributed by atoms with Crippen molar-refractivity contribution in [1.82, 2.24) is 14.4 Å². The van der Waals surface area contributed by atoms with Gasteiger partial charge < -0.3 is 4.98 Å². The summed E-state index contributed by atoms with van der Waals surface area (Å²) in [6.07, 6.45) is 0. The van der Waals surface area contributed by atoms with Crippen molar-refractivity contribution < 1.29 is 0 Å². The summed E-state index contributed by atoms with van der Waals surface area (Å²) >= 11 is 0. The molecular weight excluding hydrogens is 298 g/mol. The van der Waals surface area contributed by atoms with Crippen LogP contribution in [0.4, 0.5) is 0 Å². The standard InChI is InChI=1S/C20H13N3O/c24-20-19-21-15-8-4-5-9-17(15)23(19)18-12-14(10-11-16(18)22-20)13-6-2-1-3-7-13/h1-12H,(H,22,24). The van der Waals surface area contributed by atoms with Crippen molar-refractivity contribution in [1.29, 1.82) is 0 Å². The van der Waals surface area contributed by atoms with Gasteiger partial charge in [-0.2, -0.15) is 0 Å². The van der Waals surface area contributed by atoms with E-state index in [1.807, 2.05) is 59.0 Å². The molecule has 4 heteroatoms. The van der Waals surface area contributed by atoms with Crippen LogP contribution < -0.4 is 5.56 Å². The number of benzene rings is 3. The first-order valence-electron chi connectivity index (χ1n) is 7.80. The number of hydrogen-bond donors (Lipinski definition) is 1. The number of H-pyrrole nitrogens is 1. The SMILES string of the molecule is O=c1[nH]c2ccc(-c3ccccc3)cc2n2c1nc1ccccc12. The Morgan fingerprint density at radius 1 is 0.792 bits per heavy atom. The normalized spacial score (nSPS) is 11.5. The lowest BCUT2D eigenvalue weighted by molar-refractivity contribution is 1.19. The van der Waals surface area contributed by atoms with Crippen LogP contribution in [0.2, 0.25) is 0 Å². The molecular formula is C20H13N3O. The number of aromatic amines is 1. The van der Waals surface area contributed by atoms with E-state index in [1.54, 1.807) is 0 Å². The molecule has 24 heavy (non-hydrogen) atoms. The number of imidazole rings is 1. The first-order valence-corrected chi connectivity index (χ1v) is 7.80. The van der Waals surface area contributed by atoms with Crippen LogP contribution in [-0.4, -0.2) is 14.4 Å². The number of nitrogens with zero attached hydrogens (tertiary/aromatic N) is 2. The molecule has 0 amide bonds. The predicted molar refractivity (Wildman–Crippen MR) is 96.3 cm³/mol. The zero-order chi connectivity index (χ0) is 16.1. The second-order valence-electron chi connectivity index (χ2n) is 5.81. The minimum Gasteiger partial charge on any atom is -0.317 e. The predicted octanol–water partition coefficient (Wildman–Crippen LogP) is 4.00. The Morgan fingerprint density at radius 2 is 1.58 bits per heavy atom. The molecule has 3 aromatic carbocycles. The lowest BCUT2D eigenvalue weighted by Gasteiger charge is -2.07. The smallest absolute Gasteiger partial charge is 0.292 e. The van der Waals surface area contributed by atoms with Gasteiger partial charge in [-0.15, -0.1) is 0 Å². The quantitative estimate of drug-likeness (QED) is 0.509. The van der Waals surface area contributed by atoms with E-state index < -0.39 is 0 Å². The zero-order valence-corrected chi connectivity index (χ0v) is 12.7. The van der Waals surface area contributed by atoms with Gasteiger partial charge in [-0.05, 0) is 35.4 Å². The fourth-order valence-corrected chi connectivity index (χ4v) is 3.23. The van der Waals surface area contributed by atoms with Gasteiger partial charge in [0.15, 0.2) is 0 Å². The first-order chi connectivity index (χ1) is 11.8. The second kappa shape index (κ2) is 4.80. The summed E-state index contributed by atoms with van der Waals surface area (Å²) in [4.78, 5) is 19.8. The third-order valence-corrected chi connectivity index (χ3v) is 4.36. The highest BCUT2D eigenvalue weighted by Crippen LogP contribution is 2.25. The molecule has 5 aromatic rings. The highest BCUT2D eigenvalue weighted by molar-refractivity contribution is 5.90. The Hall–Kier alpha value is -3.40. The van der Waals surface area contributed by atoms with Crippen molar-refractivity contribution in [2.45, 2.75) is 0 Å². The van der Waals surface area contributed by atoms with Gasteiger partial charge in [0.2, 0.25) is 5.65 Å². The highest BCUT2D eigenvalue weighted by Gasteiger charge is 2.11. The molecule has 1 N–H and O–H groups in total. The lowest BCUT2D eigenvalue weighted by Crippen LogP contribution is -2.10. The first kappa shape index (κ1) is 13.1. The summed E-state index contributed by atoms with van der Waals surface area (Å²) < 4.78 is 1.94. The third-order valence-electron chi connectivity index (χ3n) is 4.36. The van der Waals surface area contributed by atoms with Crippen molar-refractivity contribution in [3.63, 3.8) is 0 Å². The molecule has 0 fully saturated rings. The van der Waals surface area contributed by atoms with Crippen LogP contribution in [0.15, 0.2) is 77.6 Å². The van der Waals surface area contributed by atoms with Crippen LogP contribution in [0.1, 0.15) is 0 Å². The molecule has 0 saturated heterocycles. The van der Waals surface area contributed by atoms with Crippen LogP contribution in [0, 0.1) is 0 Å². The van der Waals surface area contributed by atoms with Gasteiger partial charge in [-0.1, -0.05) is 48.5 Å². The van der Waals surface area contributed by atoms with Gasteiger partial charge in [0.05, 0.1) is 22.1 Å². The summed E-state index contributed by atoms with van der Waals surface area (Å²) in [5.41, 5.74) is 6.00. The average molecular weight is 311 g/mol. The Balaban J connectivity index is 1.96. The second-order valence-corrected chi connectivity index (χ2v) is 5.81. The van der Waals surface area contributed by atoms with Crippen molar-refractivity contribution in [3.8, 4) is 11.1 Å². The van der Waals surface area contributed by atoms with Crippen LogP contribution in [0.5, 0.6) is 0 Å². The van der Waals surface area contributed by atoms with E-state index in [1.165, 1.54) is 0 Å². The van der Waals surface area contributed by atoms with E-state index in [9.17, 15) is 4.79 Å². The molecule has 0 aliphatic carbocycles. The van der Waals surface area contributed by atoms with Crippen LogP contribution in [-0.2, 0) is 0 Å². The number of para-hydroxylation sites is 2. The monoisotopic (exact) mass is 311 g/mol. The molecule has 0 saturated carbocycles. The van der Waals surface area contributed by atoms with Crippen LogP contribution >= 0.6 is 0 Å². The fourth-order valence-electron chi connectivity index (χ4n) is 3.23. The molecule has 0 atom stereocenters. The summed E-state index contributed by atoms with van der Waals surface area (Å²) in [6, 6.07) is 24.1. The molecule has 0 aliphatic heterocycles. The van der Waals surface area contributed by atoms with Crippen molar-refractivity contribution in [2.24, 2.45) is 0 Å². The fraction of sp³-hybridized carbons (Fsp3) is 0. The van der Waals surface area contributed by atoms with Gasteiger partial charge in [0.25, 0.3) is 5.56 Å².